The van der Waals surface area contributed by atoms with Crippen LogP contribution in [-0.2, 0) is 14.8 Å². The molecule has 1 aromatic rings. The highest BCUT2D eigenvalue weighted by Crippen LogP contribution is 2.45. The van der Waals surface area contributed by atoms with Crippen LogP contribution in [0.25, 0.3) is 0 Å². The van der Waals surface area contributed by atoms with Gasteiger partial charge in [-0.1, -0.05) is 48.8 Å². The maximum atomic E-state index is 12.4. The number of hydrogen-bond donors (Lipinski definition) is 0. The molecular formula is C20H32BrNO3Si. The van der Waals surface area contributed by atoms with Gasteiger partial charge in [0.05, 0.1) is 13.1 Å². The summed E-state index contributed by atoms with van der Waals surface area (Å²) >= 11 is 3.50. The zero-order valence-corrected chi connectivity index (χ0v) is 19.9. The maximum Gasteiger partial charge on any atom is 0.410 e. The van der Waals surface area contributed by atoms with Gasteiger partial charge < -0.3 is 14.1 Å². The number of carbonyl (C=O) groups excluding carboxylic acids is 1. The standard InChI is InChI=1S/C20H32BrNO3Si/c1-18(2,3)24-17(23)22-13-20(14-22,15-9-11-16(21)12-10-15)25-26(7,8)19(4,5)6/h9-12H,13-14H2,1-8H3. The van der Waals surface area contributed by atoms with Crippen LogP contribution < -0.4 is 0 Å². The fraction of sp³-hybridized carbons (Fsp3) is 0.650. The summed E-state index contributed by atoms with van der Waals surface area (Å²) in [5.41, 5.74) is 0.165. The number of likely N-dealkylation sites (tertiary alicyclic amines) is 1. The van der Waals surface area contributed by atoms with Crippen LogP contribution in [0.3, 0.4) is 0 Å². The van der Waals surface area contributed by atoms with Crippen molar-refractivity contribution in [3.8, 4) is 0 Å². The zero-order chi connectivity index (χ0) is 20.0. The molecule has 0 radical (unpaired) electrons. The summed E-state index contributed by atoms with van der Waals surface area (Å²) in [6, 6.07) is 8.23. The summed E-state index contributed by atoms with van der Waals surface area (Å²) in [5, 5.41) is 0.0989. The summed E-state index contributed by atoms with van der Waals surface area (Å²) in [6.45, 7) is 17.9. The number of rotatable bonds is 3. The lowest BCUT2D eigenvalue weighted by Gasteiger charge is -2.54. The Kier molecular flexibility index (Phi) is 5.73. The molecule has 4 nitrogen and oxygen atoms in total. The highest BCUT2D eigenvalue weighted by molar-refractivity contribution is 9.10. The average Bonchev–Trinajstić information content (AvgIpc) is 2.40. The van der Waals surface area contributed by atoms with E-state index < -0.39 is 19.5 Å². The molecule has 1 aliphatic heterocycles. The third-order valence-corrected chi connectivity index (χ3v) is 10.2. The summed E-state index contributed by atoms with van der Waals surface area (Å²) < 4.78 is 13.4. The topological polar surface area (TPSA) is 38.8 Å². The first-order chi connectivity index (χ1) is 11.7. The molecule has 0 saturated carbocycles. The van der Waals surface area contributed by atoms with Gasteiger partial charge in [0, 0.05) is 4.47 Å². The van der Waals surface area contributed by atoms with E-state index >= 15 is 0 Å². The Morgan fingerprint density at radius 3 is 2.00 bits per heavy atom. The second-order valence-electron chi connectivity index (χ2n) is 9.70. The molecule has 1 aromatic carbocycles. The van der Waals surface area contributed by atoms with Crippen LogP contribution in [0.5, 0.6) is 0 Å². The van der Waals surface area contributed by atoms with Gasteiger partial charge in [0.2, 0.25) is 0 Å². The van der Waals surface area contributed by atoms with E-state index in [-0.39, 0.29) is 11.1 Å². The van der Waals surface area contributed by atoms with E-state index in [9.17, 15) is 4.79 Å². The number of carbonyl (C=O) groups is 1. The van der Waals surface area contributed by atoms with E-state index in [1.807, 2.05) is 32.9 Å². The molecule has 1 fully saturated rings. The summed E-state index contributed by atoms with van der Waals surface area (Å²) in [4.78, 5) is 14.2. The first-order valence-corrected chi connectivity index (χ1v) is 12.8. The van der Waals surface area contributed by atoms with Gasteiger partial charge in [0.1, 0.15) is 11.2 Å². The molecule has 1 aliphatic rings. The minimum atomic E-state index is -2.01. The lowest BCUT2D eigenvalue weighted by Crippen LogP contribution is -2.66. The number of hydrogen-bond acceptors (Lipinski definition) is 3. The molecule has 26 heavy (non-hydrogen) atoms. The van der Waals surface area contributed by atoms with E-state index in [4.69, 9.17) is 9.16 Å². The SMILES string of the molecule is CC(C)(C)OC(=O)N1CC(O[Si](C)(C)C(C)(C)C)(c2ccc(Br)cc2)C1. The molecular weight excluding hydrogens is 410 g/mol. The largest absolute Gasteiger partial charge is 0.444 e. The Labute approximate surface area is 167 Å². The van der Waals surface area contributed by atoms with Crippen LogP contribution in [0, 0.1) is 0 Å². The van der Waals surface area contributed by atoms with Gasteiger partial charge in [0.15, 0.2) is 8.32 Å². The van der Waals surface area contributed by atoms with Crippen molar-refractivity contribution in [2.75, 3.05) is 13.1 Å². The molecule has 0 atom stereocenters. The molecule has 0 bridgehead atoms. The Balaban J connectivity index is 2.26. The van der Waals surface area contributed by atoms with Crippen molar-refractivity contribution in [1.82, 2.24) is 4.90 Å². The molecule has 1 heterocycles. The molecule has 0 spiro atoms. The minimum Gasteiger partial charge on any atom is -0.444 e. The van der Waals surface area contributed by atoms with Crippen molar-refractivity contribution < 1.29 is 14.0 Å². The van der Waals surface area contributed by atoms with Crippen LogP contribution in [-0.4, -0.2) is 38.0 Å². The summed E-state index contributed by atoms with van der Waals surface area (Å²) in [6.07, 6.45) is -0.274. The average molecular weight is 442 g/mol. The first kappa shape index (κ1) is 21.4. The monoisotopic (exact) mass is 441 g/mol. The third-order valence-electron chi connectivity index (χ3n) is 5.17. The predicted molar refractivity (Wildman–Crippen MR) is 112 cm³/mol. The highest BCUT2D eigenvalue weighted by Gasteiger charge is 2.53. The Morgan fingerprint density at radius 2 is 1.58 bits per heavy atom. The van der Waals surface area contributed by atoms with E-state index in [0.717, 1.165) is 10.0 Å². The predicted octanol–water partition coefficient (Wildman–Crippen LogP) is 5.92. The number of nitrogens with zero attached hydrogens (tertiary/aromatic N) is 1. The van der Waals surface area contributed by atoms with Crippen molar-refractivity contribution in [2.45, 2.75) is 70.9 Å². The fourth-order valence-electron chi connectivity index (χ4n) is 2.73. The van der Waals surface area contributed by atoms with E-state index in [2.05, 4.69) is 61.9 Å². The second kappa shape index (κ2) is 6.95. The lowest BCUT2D eigenvalue weighted by atomic mass is 9.86. The van der Waals surface area contributed by atoms with Crippen LogP contribution in [0.1, 0.15) is 47.1 Å². The highest BCUT2D eigenvalue weighted by atomic mass is 79.9. The van der Waals surface area contributed by atoms with Crippen molar-refractivity contribution >= 4 is 30.3 Å². The molecule has 0 aromatic heterocycles. The fourth-order valence-corrected chi connectivity index (χ4v) is 4.52. The van der Waals surface area contributed by atoms with Gasteiger partial charge in [-0.05, 0) is 56.6 Å². The Bertz CT molecular complexity index is 653. The van der Waals surface area contributed by atoms with Gasteiger partial charge in [-0.15, -0.1) is 0 Å². The lowest BCUT2D eigenvalue weighted by molar-refractivity contribution is -0.0937. The molecule has 0 unspecified atom stereocenters. The number of halogens is 1. The van der Waals surface area contributed by atoms with E-state index in [0.29, 0.717) is 13.1 Å². The normalized spacial score (nSPS) is 17.7. The van der Waals surface area contributed by atoms with E-state index in [1.165, 1.54) is 0 Å². The smallest absolute Gasteiger partial charge is 0.410 e. The molecule has 1 saturated heterocycles. The van der Waals surface area contributed by atoms with Gasteiger partial charge in [-0.2, -0.15) is 0 Å². The summed E-state index contributed by atoms with van der Waals surface area (Å²) in [5.74, 6) is 0. The molecule has 1 amide bonds. The number of benzene rings is 1. The Hall–Kier alpha value is -0.853. The molecule has 6 heteroatoms. The van der Waals surface area contributed by atoms with Crippen molar-refractivity contribution in [3.63, 3.8) is 0 Å². The number of amides is 1. The van der Waals surface area contributed by atoms with Crippen LogP contribution in [0.2, 0.25) is 18.1 Å². The second-order valence-corrected chi connectivity index (χ2v) is 15.3. The van der Waals surface area contributed by atoms with Gasteiger partial charge in [-0.25, -0.2) is 4.79 Å². The van der Waals surface area contributed by atoms with E-state index in [1.54, 1.807) is 4.90 Å². The van der Waals surface area contributed by atoms with Crippen molar-refractivity contribution in [1.29, 1.82) is 0 Å². The molecule has 0 N–H and O–H groups in total. The molecule has 0 aliphatic carbocycles. The molecule has 146 valence electrons. The van der Waals surface area contributed by atoms with Crippen LogP contribution in [0.4, 0.5) is 4.79 Å². The summed E-state index contributed by atoms with van der Waals surface area (Å²) in [7, 11) is -2.01. The van der Waals surface area contributed by atoms with Gasteiger partial charge in [-0.3, -0.25) is 0 Å². The molecule has 2 rings (SSSR count). The van der Waals surface area contributed by atoms with Crippen molar-refractivity contribution in [2.24, 2.45) is 0 Å². The number of ether oxygens (including phenoxy) is 1. The van der Waals surface area contributed by atoms with Crippen LogP contribution >= 0.6 is 15.9 Å². The minimum absolute atomic E-state index is 0.0989. The maximum absolute atomic E-state index is 12.4. The Morgan fingerprint density at radius 1 is 1.08 bits per heavy atom. The first-order valence-electron chi connectivity index (χ1n) is 9.09. The third kappa shape index (κ3) is 4.70. The quantitative estimate of drug-likeness (QED) is 0.546. The van der Waals surface area contributed by atoms with Gasteiger partial charge >= 0.3 is 6.09 Å². The van der Waals surface area contributed by atoms with Crippen molar-refractivity contribution in [3.05, 3.63) is 34.3 Å². The van der Waals surface area contributed by atoms with Gasteiger partial charge in [0.25, 0.3) is 0 Å². The zero-order valence-electron chi connectivity index (χ0n) is 17.3. The van der Waals surface area contributed by atoms with Crippen LogP contribution in [0.15, 0.2) is 28.7 Å².